The van der Waals surface area contributed by atoms with E-state index in [-0.39, 0.29) is 0 Å². The molecule has 0 saturated carbocycles. The molecule has 23 heavy (non-hydrogen) atoms. The summed E-state index contributed by atoms with van der Waals surface area (Å²) in [6.07, 6.45) is 4.43. The largest absolute Gasteiger partial charge is 0.298 e. The Morgan fingerprint density at radius 1 is 1.00 bits per heavy atom. The third-order valence-corrected chi connectivity index (χ3v) is 4.28. The summed E-state index contributed by atoms with van der Waals surface area (Å²) < 4.78 is 0. The first-order chi connectivity index (χ1) is 11.3. The Balaban J connectivity index is 1.48. The lowest BCUT2D eigenvalue weighted by Gasteiger charge is -2.25. The molecule has 3 rings (SSSR count). The Morgan fingerprint density at radius 2 is 1.78 bits per heavy atom. The molecule has 1 nitrogen and oxygen atoms in total. The Labute approximate surface area is 139 Å². The molecule has 2 aromatic rings. The van der Waals surface area contributed by atoms with Crippen LogP contribution in [0.25, 0.3) is 5.57 Å². The molecule has 0 aromatic heterocycles. The van der Waals surface area contributed by atoms with Gasteiger partial charge in [0.25, 0.3) is 0 Å². The molecule has 1 heterocycles. The molecule has 0 amide bonds. The predicted molar refractivity (Wildman–Crippen MR) is 98.2 cm³/mol. The van der Waals surface area contributed by atoms with E-state index >= 15 is 0 Å². The maximum atomic E-state index is 3.30. The van der Waals surface area contributed by atoms with Crippen molar-refractivity contribution in [1.82, 2.24) is 4.90 Å². The van der Waals surface area contributed by atoms with Gasteiger partial charge in [-0.25, -0.2) is 0 Å². The van der Waals surface area contributed by atoms with Crippen LogP contribution in [0.4, 0.5) is 0 Å². The highest BCUT2D eigenvalue weighted by Crippen LogP contribution is 2.21. The molecule has 0 atom stereocenters. The number of nitrogens with zero attached hydrogens (tertiary/aromatic N) is 1. The average Bonchev–Trinajstić information content (AvgIpc) is 2.62. The van der Waals surface area contributed by atoms with E-state index in [4.69, 9.17) is 0 Å². The molecule has 0 unspecified atom stereocenters. The smallest absolute Gasteiger partial charge is 0.0245 e. The van der Waals surface area contributed by atoms with E-state index < -0.39 is 0 Å². The molecule has 0 radical (unpaired) electrons. The van der Waals surface area contributed by atoms with Crippen LogP contribution in [0.5, 0.6) is 0 Å². The second-order valence-electron chi connectivity index (χ2n) is 6.06. The van der Waals surface area contributed by atoms with Crippen molar-refractivity contribution < 1.29 is 0 Å². The van der Waals surface area contributed by atoms with Crippen LogP contribution < -0.4 is 0 Å². The summed E-state index contributed by atoms with van der Waals surface area (Å²) >= 11 is 0. The summed E-state index contributed by atoms with van der Waals surface area (Å²) in [6.45, 7) is 5.32. The van der Waals surface area contributed by atoms with Crippen molar-refractivity contribution >= 4 is 5.57 Å². The lowest BCUT2D eigenvalue weighted by atomic mass is 9.99. The zero-order chi connectivity index (χ0) is 15.9. The molecule has 0 saturated heterocycles. The summed E-state index contributed by atoms with van der Waals surface area (Å²) in [5.41, 5.74) is 5.24. The summed E-state index contributed by atoms with van der Waals surface area (Å²) in [6, 6.07) is 19.1. The van der Waals surface area contributed by atoms with Crippen LogP contribution in [0, 0.1) is 18.8 Å². The fourth-order valence-corrected chi connectivity index (χ4v) is 2.84. The topological polar surface area (TPSA) is 3.24 Å². The first kappa shape index (κ1) is 15.6. The quantitative estimate of drug-likeness (QED) is 0.753. The fraction of sp³-hybridized carbons (Fsp3) is 0.273. The minimum Gasteiger partial charge on any atom is -0.298 e. The Bertz CT molecular complexity index is 714. The van der Waals surface area contributed by atoms with E-state index in [1.165, 1.54) is 16.7 Å². The van der Waals surface area contributed by atoms with Crippen molar-refractivity contribution in [1.29, 1.82) is 0 Å². The lowest BCUT2D eigenvalue weighted by Crippen LogP contribution is -2.29. The number of hydrogen-bond acceptors (Lipinski definition) is 1. The van der Waals surface area contributed by atoms with Gasteiger partial charge in [-0.3, -0.25) is 4.90 Å². The molecular formula is C22H23N. The molecule has 2 aromatic carbocycles. The second kappa shape index (κ2) is 7.81. The Hall–Kier alpha value is -2.30. The van der Waals surface area contributed by atoms with Gasteiger partial charge in [-0.15, -0.1) is 0 Å². The zero-order valence-electron chi connectivity index (χ0n) is 13.8. The summed E-state index contributed by atoms with van der Waals surface area (Å²) in [4.78, 5) is 2.48. The van der Waals surface area contributed by atoms with E-state index in [0.29, 0.717) is 0 Å². The molecular weight excluding hydrogens is 278 g/mol. The fourth-order valence-electron chi connectivity index (χ4n) is 2.84. The van der Waals surface area contributed by atoms with E-state index in [0.717, 1.165) is 38.0 Å². The number of rotatable bonds is 3. The molecule has 1 aliphatic rings. The van der Waals surface area contributed by atoms with Crippen LogP contribution in [-0.2, 0) is 0 Å². The number of hydrogen-bond donors (Lipinski definition) is 0. The van der Waals surface area contributed by atoms with Gasteiger partial charge in [0.1, 0.15) is 0 Å². The standard InChI is InChI=1S/C22H23N/c1-19-10-12-20(13-11-19)7-5-6-16-23-17-14-22(15-18-23)21-8-3-2-4-9-21/h2-4,8-14H,6,15-18H2,1H3. The molecule has 0 N–H and O–H groups in total. The monoisotopic (exact) mass is 301 g/mol. The molecule has 0 bridgehead atoms. The van der Waals surface area contributed by atoms with Crippen molar-refractivity contribution in [3.05, 3.63) is 77.4 Å². The highest BCUT2D eigenvalue weighted by molar-refractivity contribution is 5.66. The number of benzene rings is 2. The number of aryl methyl sites for hydroxylation is 1. The van der Waals surface area contributed by atoms with Crippen molar-refractivity contribution in [2.75, 3.05) is 19.6 Å². The molecule has 0 aliphatic carbocycles. The average molecular weight is 301 g/mol. The zero-order valence-corrected chi connectivity index (χ0v) is 13.8. The van der Waals surface area contributed by atoms with Crippen LogP contribution in [0.2, 0.25) is 0 Å². The molecule has 1 heteroatoms. The Morgan fingerprint density at radius 3 is 2.48 bits per heavy atom. The summed E-state index contributed by atoms with van der Waals surface area (Å²) in [5, 5.41) is 0. The van der Waals surface area contributed by atoms with Gasteiger partial charge in [0.15, 0.2) is 0 Å². The predicted octanol–water partition coefficient (Wildman–Crippen LogP) is 4.53. The highest BCUT2D eigenvalue weighted by Gasteiger charge is 2.11. The minimum absolute atomic E-state index is 0.933. The first-order valence-electron chi connectivity index (χ1n) is 8.33. The maximum Gasteiger partial charge on any atom is 0.0245 e. The van der Waals surface area contributed by atoms with Gasteiger partial charge in [0, 0.05) is 31.6 Å². The third-order valence-electron chi connectivity index (χ3n) is 4.28. The maximum absolute atomic E-state index is 3.30. The van der Waals surface area contributed by atoms with Gasteiger partial charge in [-0.2, -0.15) is 0 Å². The van der Waals surface area contributed by atoms with Gasteiger partial charge in [0.05, 0.1) is 0 Å². The Kier molecular flexibility index (Phi) is 5.29. The van der Waals surface area contributed by atoms with Gasteiger partial charge < -0.3 is 0 Å². The molecule has 1 aliphatic heterocycles. The van der Waals surface area contributed by atoms with E-state index in [1.54, 1.807) is 0 Å². The van der Waals surface area contributed by atoms with Crippen LogP contribution >= 0.6 is 0 Å². The van der Waals surface area contributed by atoms with Crippen molar-refractivity contribution in [2.24, 2.45) is 0 Å². The van der Waals surface area contributed by atoms with E-state index in [2.05, 4.69) is 84.3 Å². The summed E-state index contributed by atoms with van der Waals surface area (Å²) in [7, 11) is 0. The first-order valence-corrected chi connectivity index (χ1v) is 8.33. The second-order valence-corrected chi connectivity index (χ2v) is 6.06. The van der Waals surface area contributed by atoms with Gasteiger partial charge in [-0.1, -0.05) is 65.9 Å². The van der Waals surface area contributed by atoms with Crippen LogP contribution in [0.15, 0.2) is 60.7 Å². The normalized spacial score (nSPS) is 14.7. The lowest BCUT2D eigenvalue weighted by molar-refractivity contribution is 0.309. The van der Waals surface area contributed by atoms with Crippen molar-refractivity contribution in [3.63, 3.8) is 0 Å². The van der Waals surface area contributed by atoms with E-state index in [1.807, 2.05) is 0 Å². The minimum atomic E-state index is 0.933. The highest BCUT2D eigenvalue weighted by atomic mass is 15.1. The SMILES string of the molecule is Cc1ccc(C#CCCN2CC=C(c3ccccc3)CC2)cc1. The van der Waals surface area contributed by atoms with Gasteiger partial charge >= 0.3 is 0 Å². The van der Waals surface area contributed by atoms with E-state index in [9.17, 15) is 0 Å². The van der Waals surface area contributed by atoms with Gasteiger partial charge in [0.2, 0.25) is 0 Å². The van der Waals surface area contributed by atoms with Crippen molar-refractivity contribution in [3.8, 4) is 11.8 Å². The van der Waals surface area contributed by atoms with Crippen molar-refractivity contribution in [2.45, 2.75) is 19.8 Å². The summed E-state index contributed by atoms with van der Waals surface area (Å²) in [5.74, 6) is 6.55. The molecule has 116 valence electrons. The van der Waals surface area contributed by atoms with Crippen LogP contribution in [0.3, 0.4) is 0 Å². The van der Waals surface area contributed by atoms with Crippen LogP contribution in [-0.4, -0.2) is 24.5 Å². The van der Waals surface area contributed by atoms with Gasteiger partial charge in [-0.05, 0) is 36.6 Å². The molecule has 0 fully saturated rings. The third kappa shape index (κ3) is 4.58. The molecule has 0 spiro atoms. The van der Waals surface area contributed by atoms with Crippen LogP contribution in [0.1, 0.15) is 29.5 Å².